The second-order valence-electron chi connectivity index (χ2n) is 7.54. The molecule has 6 nitrogen and oxygen atoms in total. The van der Waals surface area contributed by atoms with Gasteiger partial charge in [-0.25, -0.2) is 0 Å². The van der Waals surface area contributed by atoms with E-state index in [2.05, 4.69) is 36.1 Å². The highest BCUT2D eigenvalue weighted by atomic mass is 16.5. The second-order valence-corrected chi connectivity index (χ2v) is 7.54. The summed E-state index contributed by atoms with van der Waals surface area (Å²) in [6.45, 7) is 7.81. The first-order chi connectivity index (χ1) is 12.6. The average Bonchev–Trinajstić information content (AvgIpc) is 3.48. The van der Waals surface area contributed by atoms with Crippen LogP contribution in [-0.4, -0.2) is 74.1 Å². The van der Waals surface area contributed by atoms with Gasteiger partial charge < -0.3 is 19.4 Å². The van der Waals surface area contributed by atoms with Crippen LogP contribution in [0.4, 0.5) is 5.69 Å². The van der Waals surface area contributed by atoms with E-state index >= 15 is 0 Å². The summed E-state index contributed by atoms with van der Waals surface area (Å²) in [7, 11) is 0. The van der Waals surface area contributed by atoms with E-state index in [1.165, 1.54) is 11.3 Å². The molecule has 0 N–H and O–H groups in total. The van der Waals surface area contributed by atoms with Gasteiger partial charge in [-0.15, -0.1) is 0 Å². The van der Waals surface area contributed by atoms with Crippen molar-refractivity contribution in [1.29, 1.82) is 0 Å². The molecule has 1 aliphatic carbocycles. The monoisotopic (exact) mass is 357 g/mol. The Morgan fingerprint density at radius 3 is 2.15 bits per heavy atom. The molecule has 0 bridgehead atoms. The third kappa shape index (κ3) is 3.56. The van der Waals surface area contributed by atoms with Crippen LogP contribution in [0.1, 0.15) is 12.0 Å². The van der Waals surface area contributed by atoms with Crippen molar-refractivity contribution >= 4 is 17.5 Å². The highest BCUT2D eigenvalue weighted by molar-refractivity contribution is 5.92. The molecule has 2 heterocycles. The second kappa shape index (κ2) is 7.27. The van der Waals surface area contributed by atoms with E-state index in [0.717, 1.165) is 26.2 Å². The smallest absolute Gasteiger partial charge is 0.226 e. The van der Waals surface area contributed by atoms with E-state index in [1.54, 1.807) is 0 Å². The van der Waals surface area contributed by atoms with E-state index in [-0.39, 0.29) is 23.7 Å². The van der Waals surface area contributed by atoms with Crippen molar-refractivity contribution in [3.05, 3.63) is 29.8 Å². The zero-order valence-electron chi connectivity index (χ0n) is 15.4. The molecule has 26 heavy (non-hydrogen) atoms. The first-order valence-corrected chi connectivity index (χ1v) is 9.60. The van der Waals surface area contributed by atoms with E-state index in [0.29, 0.717) is 32.7 Å². The van der Waals surface area contributed by atoms with Gasteiger partial charge in [0, 0.05) is 45.0 Å². The Hall–Kier alpha value is -2.08. The van der Waals surface area contributed by atoms with Gasteiger partial charge in [-0.2, -0.15) is 0 Å². The molecule has 2 amide bonds. The van der Waals surface area contributed by atoms with Crippen molar-refractivity contribution in [3.63, 3.8) is 0 Å². The fourth-order valence-electron chi connectivity index (χ4n) is 4.00. The number of anilines is 1. The van der Waals surface area contributed by atoms with Gasteiger partial charge in [0.2, 0.25) is 11.8 Å². The number of aryl methyl sites for hydroxylation is 1. The minimum Gasteiger partial charge on any atom is -0.378 e. The van der Waals surface area contributed by atoms with Gasteiger partial charge in [0.25, 0.3) is 0 Å². The van der Waals surface area contributed by atoms with Gasteiger partial charge in [-0.05, 0) is 31.0 Å². The minimum atomic E-state index is -0.101. The number of ether oxygens (including phenoxy) is 1. The third-order valence-corrected chi connectivity index (χ3v) is 5.71. The van der Waals surface area contributed by atoms with Crippen molar-refractivity contribution < 1.29 is 14.3 Å². The zero-order chi connectivity index (χ0) is 18.1. The van der Waals surface area contributed by atoms with Crippen LogP contribution in [0.25, 0.3) is 0 Å². The lowest BCUT2D eigenvalue weighted by Gasteiger charge is -2.36. The molecule has 4 rings (SSSR count). The van der Waals surface area contributed by atoms with Crippen molar-refractivity contribution in [2.75, 3.05) is 57.4 Å². The van der Waals surface area contributed by atoms with Crippen LogP contribution < -0.4 is 4.90 Å². The van der Waals surface area contributed by atoms with Gasteiger partial charge in [0.15, 0.2) is 0 Å². The van der Waals surface area contributed by atoms with Crippen molar-refractivity contribution in [2.24, 2.45) is 11.8 Å². The Labute approximate surface area is 154 Å². The topological polar surface area (TPSA) is 53.1 Å². The van der Waals surface area contributed by atoms with Gasteiger partial charge in [-0.3, -0.25) is 9.59 Å². The molecule has 3 aliphatic rings. The molecule has 3 fully saturated rings. The molecule has 6 heteroatoms. The third-order valence-electron chi connectivity index (χ3n) is 5.71. The summed E-state index contributed by atoms with van der Waals surface area (Å²) in [5, 5.41) is 0. The lowest BCUT2D eigenvalue weighted by molar-refractivity contribution is -0.140. The summed E-state index contributed by atoms with van der Waals surface area (Å²) < 4.78 is 5.30. The minimum absolute atomic E-state index is 0.101. The Morgan fingerprint density at radius 1 is 0.923 bits per heavy atom. The van der Waals surface area contributed by atoms with Crippen LogP contribution in [0.15, 0.2) is 24.3 Å². The number of amides is 2. The summed E-state index contributed by atoms with van der Waals surface area (Å²) >= 11 is 0. The SMILES string of the molecule is Cc1cccc(N2CCN(C(=O)C3CC3C(=O)N3CCOCC3)CC2)c1. The first-order valence-electron chi connectivity index (χ1n) is 9.60. The summed E-state index contributed by atoms with van der Waals surface area (Å²) in [5.41, 5.74) is 2.48. The fraction of sp³-hybridized carbons (Fsp3) is 0.600. The summed E-state index contributed by atoms with van der Waals surface area (Å²) in [5.74, 6) is 0.108. The van der Waals surface area contributed by atoms with Gasteiger partial charge in [0.05, 0.1) is 25.0 Å². The number of hydrogen-bond acceptors (Lipinski definition) is 4. The van der Waals surface area contributed by atoms with Crippen LogP contribution in [0.5, 0.6) is 0 Å². The molecule has 2 aliphatic heterocycles. The van der Waals surface area contributed by atoms with Crippen molar-refractivity contribution in [1.82, 2.24) is 9.80 Å². The van der Waals surface area contributed by atoms with Gasteiger partial charge in [-0.1, -0.05) is 12.1 Å². The molecule has 1 aromatic carbocycles. The normalized spacial score (nSPS) is 26.0. The standard InChI is InChI=1S/C20H27N3O3/c1-15-3-2-4-16(13-15)21-5-7-22(8-6-21)19(24)17-14-18(17)20(25)23-9-11-26-12-10-23/h2-4,13,17-18H,5-12,14H2,1H3. The molecule has 1 saturated carbocycles. The zero-order valence-corrected chi connectivity index (χ0v) is 15.4. The first kappa shape index (κ1) is 17.3. The predicted molar refractivity (Wildman–Crippen MR) is 99.0 cm³/mol. The van der Waals surface area contributed by atoms with E-state index in [9.17, 15) is 9.59 Å². The quantitative estimate of drug-likeness (QED) is 0.814. The van der Waals surface area contributed by atoms with Crippen LogP contribution in [0, 0.1) is 18.8 Å². The van der Waals surface area contributed by atoms with Crippen LogP contribution >= 0.6 is 0 Å². The maximum atomic E-state index is 12.8. The van der Waals surface area contributed by atoms with Crippen LogP contribution in [-0.2, 0) is 14.3 Å². The van der Waals surface area contributed by atoms with Crippen LogP contribution in [0.2, 0.25) is 0 Å². The highest BCUT2D eigenvalue weighted by Crippen LogP contribution is 2.41. The number of benzene rings is 1. The number of carbonyl (C=O) groups is 2. The van der Waals surface area contributed by atoms with Crippen molar-refractivity contribution in [3.8, 4) is 0 Å². The number of hydrogen-bond donors (Lipinski definition) is 0. The number of rotatable bonds is 3. The fourth-order valence-corrected chi connectivity index (χ4v) is 4.00. The largest absolute Gasteiger partial charge is 0.378 e. The van der Waals surface area contributed by atoms with E-state index in [1.807, 2.05) is 9.80 Å². The Bertz CT molecular complexity index is 679. The van der Waals surface area contributed by atoms with E-state index in [4.69, 9.17) is 4.74 Å². The number of piperazine rings is 1. The average molecular weight is 357 g/mol. The highest BCUT2D eigenvalue weighted by Gasteiger charge is 2.51. The molecule has 0 spiro atoms. The Balaban J connectivity index is 1.28. The lowest BCUT2D eigenvalue weighted by Crippen LogP contribution is -2.49. The molecule has 0 radical (unpaired) electrons. The molecule has 2 unspecified atom stereocenters. The van der Waals surface area contributed by atoms with Gasteiger partial charge >= 0.3 is 0 Å². The van der Waals surface area contributed by atoms with Crippen molar-refractivity contribution in [2.45, 2.75) is 13.3 Å². The predicted octanol–water partition coefficient (Wildman–Crippen LogP) is 1.14. The molecular weight excluding hydrogens is 330 g/mol. The summed E-state index contributed by atoms with van der Waals surface area (Å²) in [6, 6.07) is 8.49. The molecular formula is C20H27N3O3. The maximum absolute atomic E-state index is 12.8. The maximum Gasteiger partial charge on any atom is 0.226 e. The van der Waals surface area contributed by atoms with E-state index < -0.39 is 0 Å². The Kier molecular flexibility index (Phi) is 4.85. The number of carbonyl (C=O) groups excluding carboxylic acids is 2. The number of nitrogens with zero attached hydrogens (tertiary/aromatic N) is 3. The molecule has 1 aromatic rings. The molecule has 2 saturated heterocycles. The lowest BCUT2D eigenvalue weighted by atomic mass is 10.1. The van der Waals surface area contributed by atoms with Crippen LogP contribution in [0.3, 0.4) is 0 Å². The molecule has 140 valence electrons. The number of morpholine rings is 1. The molecule has 2 atom stereocenters. The molecule has 0 aromatic heterocycles. The summed E-state index contributed by atoms with van der Waals surface area (Å²) in [4.78, 5) is 31.4. The van der Waals surface area contributed by atoms with Gasteiger partial charge in [0.1, 0.15) is 0 Å². The summed E-state index contributed by atoms with van der Waals surface area (Å²) in [6.07, 6.45) is 0.715. The Morgan fingerprint density at radius 2 is 1.54 bits per heavy atom.